The third kappa shape index (κ3) is 29.9. The van der Waals surface area contributed by atoms with Crippen molar-refractivity contribution < 1.29 is 10.2 Å². The molecule has 0 radical (unpaired) electrons. The van der Waals surface area contributed by atoms with Crippen LogP contribution in [0.25, 0.3) is 0 Å². The molecule has 0 aliphatic heterocycles. The van der Waals surface area contributed by atoms with Crippen LogP contribution in [-0.2, 0) is 0 Å². The van der Waals surface area contributed by atoms with Gasteiger partial charge in [0, 0.05) is 0 Å². The summed E-state index contributed by atoms with van der Waals surface area (Å²) in [6.45, 7) is 4.55. The molecule has 2 nitrogen and oxygen atoms in total. The molecule has 2 atom stereocenters. The molecule has 2 unspecified atom stereocenters. The number of allylic oxidation sites excluding steroid dienone is 4. The SMILES string of the molecule is CCCCCCCC/C=C\CCCCCCCC(O)C(O)CCCCCCC/C=C\CCCCCCCC. The Morgan fingerprint density at radius 3 is 0.868 bits per heavy atom. The monoisotopic (exact) mass is 535 g/mol. The van der Waals surface area contributed by atoms with Gasteiger partial charge in [-0.05, 0) is 64.2 Å². The molecule has 0 bridgehead atoms. The summed E-state index contributed by atoms with van der Waals surface area (Å²) in [7, 11) is 0. The van der Waals surface area contributed by atoms with Crippen LogP contribution in [0.4, 0.5) is 0 Å². The molecule has 2 N–H and O–H groups in total. The van der Waals surface area contributed by atoms with Gasteiger partial charge >= 0.3 is 0 Å². The summed E-state index contributed by atoms with van der Waals surface area (Å²) in [5.41, 5.74) is 0. The Hall–Kier alpha value is -0.600. The minimum Gasteiger partial charge on any atom is -0.390 e. The van der Waals surface area contributed by atoms with Crippen molar-refractivity contribution in [1.82, 2.24) is 0 Å². The highest BCUT2D eigenvalue weighted by atomic mass is 16.3. The van der Waals surface area contributed by atoms with Gasteiger partial charge in [0.05, 0.1) is 12.2 Å². The zero-order valence-corrected chi connectivity index (χ0v) is 26.2. The number of hydrogen-bond acceptors (Lipinski definition) is 2. The third-order valence-electron chi connectivity index (χ3n) is 7.97. The highest BCUT2D eigenvalue weighted by Crippen LogP contribution is 2.16. The first-order valence-electron chi connectivity index (χ1n) is 17.4. The minimum absolute atomic E-state index is 0.531. The summed E-state index contributed by atoms with van der Waals surface area (Å²) in [6.07, 6.45) is 43.6. The Balaban J connectivity index is 3.36. The predicted molar refractivity (Wildman–Crippen MR) is 171 cm³/mol. The summed E-state index contributed by atoms with van der Waals surface area (Å²) in [5.74, 6) is 0. The van der Waals surface area contributed by atoms with E-state index >= 15 is 0 Å². The molecule has 0 aromatic heterocycles. The first kappa shape index (κ1) is 37.4. The zero-order chi connectivity index (χ0) is 27.8. The molecule has 0 aromatic carbocycles. The summed E-state index contributed by atoms with van der Waals surface area (Å²) in [4.78, 5) is 0. The van der Waals surface area contributed by atoms with Crippen molar-refractivity contribution in [1.29, 1.82) is 0 Å². The average molecular weight is 535 g/mol. The van der Waals surface area contributed by atoms with E-state index in [9.17, 15) is 10.2 Å². The molecule has 38 heavy (non-hydrogen) atoms. The van der Waals surface area contributed by atoms with Crippen molar-refractivity contribution >= 4 is 0 Å². The predicted octanol–water partition coefficient (Wildman–Crippen LogP) is 11.8. The lowest BCUT2D eigenvalue weighted by molar-refractivity contribution is 0.00712. The van der Waals surface area contributed by atoms with Gasteiger partial charge in [0.25, 0.3) is 0 Å². The number of aliphatic hydroxyl groups excluding tert-OH is 2. The van der Waals surface area contributed by atoms with Crippen molar-refractivity contribution in [3.8, 4) is 0 Å². The second kappa shape index (κ2) is 32.6. The van der Waals surface area contributed by atoms with E-state index in [0.717, 1.165) is 25.7 Å². The van der Waals surface area contributed by atoms with Crippen LogP contribution in [-0.4, -0.2) is 22.4 Å². The largest absolute Gasteiger partial charge is 0.390 e. The molecule has 0 amide bonds. The molecular formula is C36H70O2. The van der Waals surface area contributed by atoms with Crippen LogP contribution in [0.15, 0.2) is 24.3 Å². The Bertz CT molecular complexity index is 440. The first-order chi connectivity index (χ1) is 18.7. The number of unbranched alkanes of at least 4 members (excludes halogenated alkanes) is 22. The van der Waals surface area contributed by atoms with Crippen LogP contribution in [0.3, 0.4) is 0 Å². The number of aliphatic hydroxyl groups is 2. The molecule has 0 saturated heterocycles. The fourth-order valence-electron chi connectivity index (χ4n) is 5.23. The van der Waals surface area contributed by atoms with Gasteiger partial charge in [0.1, 0.15) is 0 Å². The summed E-state index contributed by atoms with van der Waals surface area (Å²) < 4.78 is 0. The van der Waals surface area contributed by atoms with Gasteiger partial charge in [-0.1, -0.05) is 154 Å². The van der Waals surface area contributed by atoms with E-state index in [1.165, 1.54) is 154 Å². The smallest absolute Gasteiger partial charge is 0.0799 e. The molecule has 226 valence electrons. The summed E-state index contributed by atoms with van der Waals surface area (Å²) in [6, 6.07) is 0. The van der Waals surface area contributed by atoms with Gasteiger partial charge in [-0.3, -0.25) is 0 Å². The topological polar surface area (TPSA) is 40.5 Å². The van der Waals surface area contributed by atoms with E-state index in [1.807, 2.05) is 0 Å². The molecule has 0 spiro atoms. The fraction of sp³-hybridized carbons (Fsp3) is 0.889. The fourth-order valence-corrected chi connectivity index (χ4v) is 5.23. The number of hydrogen-bond donors (Lipinski definition) is 2. The average Bonchev–Trinajstić information content (AvgIpc) is 2.92. The highest BCUT2D eigenvalue weighted by molar-refractivity contribution is 4.82. The van der Waals surface area contributed by atoms with Crippen molar-refractivity contribution in [2.45, 2.75) is 206 Å². The van der Waals surface area contributed by atoms with Crippen LogP contribution in [0.5, 0.6) is 0 Å². The molecule has 0 aromatic rings. The maximum Gasteiger partial charge on any atom is 0.0799 e. The molecule has 0 saturated carbocycles. The summed E-state index contributed by atoms with van der Waals surface area (Å²) >= 11 is 0. The van der Waals surface area contributed by atoms with E-state index in [1.54, 1.807) is 0 Å². The standard InChI is InChI=1S/C36H70O2/c1-3-5-7-9-11-13-15-17-19-21-23-25-27-29-31-33-35(37)36(38)34-32-30-28-26-24-22-20-18-16-14-12-10-8-6-4-2/h17-20,35-38H,3-16,21-34H2,1-2H3/b19-17-,20-18-. The van der Waals surface area contributed by atoms with Crippen LogP contribution >= 0.6 is 0 Å². The lowest BCUT2D eigenvalue weighted by Crippen LogP contribution is -2.25. The van der Waals surface area contributed by atoms with Crippen molar-refractivity contribution in [2.24, 2.45) is 0 Å². The van der Waals surface area contributed by atoms with Crippen molar-refractivity contribution in [3.05, 3.63) is 24.3 Å². The Morgan fingerprint density at radius 1 is 0.342 bits per heavy atom. The quantitative estimate of drug-likeness (QED) is 0.0685. The maximum absolute atomic E-state index is 10.3. The third-order valence-corrected chi connectivity index (χ3v) is 7.97. The van der Waals surface area contributed by atoms with Gasteiger partial charge in [-0.25, -0.2) is 0 Å². The Morgan fingerprint density at radius 2 is 0.579 bits per heavy atom. The van der Waals surface area contributed by atoms with E-state index in [-0.39, 0.29) is 0 Å². The Labute approximate surface area is 240 Å². The van der Waals surface area contributed by atoms with Gasteiger partial charge in [0.15, 0.2) is 0 Å². The van der Waals surface area contributed by atoms with Gasteiger partial charge in [-0.2, -0.15) is 0 Å². The van der Waals surface area contributed by atoms with E-state index in [4.69, 9.17) is 0 Å². The lowest BCUT2D eigenvalue weighted by Gasteiger charge is -2.17. The zero-order valence-electron chi connectivity index (χ0n) is 26.2. The van der Waals surface area contributed by atoms with Gasteiger partial charge in [-0.15, -0.1) is 0 Å². The van der Waals surface area contributed by atoms with Crippen LogP contribution in [0.2, 0.25) is 0 Å². The molecular weight excluding hydrogens is 464 g/mol. The molecule has 0 rings (SSSR count). The van der Waals surface area contributed by atoms with Gasteiger partial charge in [0.2, 0.25) is 0 Å². The van der Waals surface area contributed by atoms with Crippen LogP contribution < -0.4 is 0 Å². The van der Waals surface area contributed by atoms with Crippen LogP contribution in [0, 0.1) is 0 Å². The lowest BCUT2D eigenvalue weighted by atomic mass is 9.99. The van der Waals surface area contributed by atoms with E-state index < -0.39 is 12.2 Å². The molecule has 0 heterocycles. The highest BCUT2D eigenvalue weighted by Gasteiger charge is 2.15. The van der Waals surface area contributed by atoms with Crippen molar-refractivity contribution in [2.75, 3.05) is 0 Å². The number of rotatable bonds is 31. The summed E-state index contributed by atoms with van der Waals surface area (Å²) in [5, 5.41) is 20.5. The second-order valence-corrected chi connectivity index (χ2v) is 11.9. The molecule has 2 heteroatoms. The van der Waals surface area contributed by atoms with E-state index in [0.29, 0.717) is 0 Å². The molecule has 0 aliphatic rings. The van der Waals surface area contributed by atoms with Crippen molar-refractivity contribution in [3.63, 3.8) is 0 Å². The van der Waals surface area contributed by atoms with Gasteiger partial charge < -0.3 is 10.2 Å². The Kier molecular flexibility index (Phi) is 32.1. The first-order valence-corrected chi connectivity index (χ1v) is 17.4. The van der Waals surface area contributed by atoms with Crippen LogP contribution in [0.1, 0.15) is 194 Å². The van der Waals surface area contributed by atoms with E-state index in [2.05, 4.69) is 38.2 Å². The minimum atomic E-state index is -0.531. The second-order valence-electron chi connectivity index (χ2n) is 11.9. The maximum atomic E-state index is 10.3. The molecule has 0 fully saturated rings. The molecule has 0 aliphatic carbocycles. The normalized spacial score (nSPS) is 13.7.